The van der Waals surface area contributed by atoms with Gasteiger partial charge < -0.3 is 4.90 Å². The SMILES string of the molecule is O=C1C(Cc2cc(F)cc(F)c2)CCC(c2ccc(Cl)cc2Cl)N1c1ccc(Cl)cc1. The van der Waals surface area contributed by atoms with Crippen molar-refractivity contribution in [3.63, 3.8) is 0 Å². The maximum absolute atomic E-state index is 13.6. The van der Waals surface area contributed by atoms with Crippen molar-refractivity contribution in [3.8, 4) is 0 Å². The van der Waals surface area contributed by atoms with E-state index in [1.807, 2.05) is 6.07 Å². The van der Waals surface area contributed by atoms with Crippen LogP contribution in [0.4, 0.5) is 14.5 Å². The second kappa shape index (κ2) is 9.15. The molecule has 7 heteroatoms. The third-order valence-corrected chi connectivity index (χ3v) is 6.33. The van der Waals surface area contributed by atoms with E-state index in [1.165, 1.54) is 12.1 Å². The van der Waals surface area contributed by atoms with Gasteiger partial charge in [0.15, 0.2) is 0 Å². The minimum Gasteiger partial charge on any atom is -0.305 e. The van der Waals surface area contributed by atoms with Crippen LogP contribution in [0.3, 0.4) is 0 Å². The summed E-state index contributed by atoms with van der Waals surface area (Å²) in [6, 6.07) is 15.3. The van der Waals surface area contributed by atoms with Crippen molar-refractivity contribution in [2.45, 2.75) is 25.3 Å². The fraction of sp³-hybridized carbons (Fsp3) is 0.208. The Morgan fingerprint density at radius 3 is 2.13 bits per heavy atom. The summed E-state index contributed by atoms with van der Waals surface area (Å²) in [6.07, 6.45) is 1.45. The summed E-state index contributed by atoms with van der Waals surface area (Å²) < 4.78 is 27.3. The molecule has 1 heterocycles. The highest BCUT2D eigenvalue weighted by atomic mass is 35.5. The normalized spacial score (nSPS) is 19.0. The van der Waals surface area contributed by atoms with Crippen LogP contribution >= 0.6 is 34.8 Å². The molecule has 0 aliphatic carbocycles. The molecule has 2 nitrogen and oxygen atoms in total. The highest BCUT2D eigenvalue weighted by Gasteiger charge is 2.38. The molecular formula is C24H18Cl3F2NO. The average molecular weight is 481 g/mol. The number of carbonyl (C=O) groups excluding carboxylic acids is 1. The van der Waals surface area contributed by atoms with Crippen LogP contribution in [0.1, 0.15) is 30.0 Å². The molecule has 0 aromatic heterocycles. The zero-order valence-electron chi connectivity index (χ0n) is 16.3. The van der Waals surface area contributed by atoms with E-state index in [0.29, 0.717) is 39.2 Å². The van der Waals surface area contributed by atoms with Crippen LogP contribution in [0.2, 0.25) is 15.1 Å². The van der Waals surface area contributed by atoms with Crippen molar-refractivity contribution in [1.82, 2.24) is 0 Å². The van der Waals surface area contributed by atoms with Crippen LogP contribution in [-0.4, -0.2) is 5.91 Å². The molecule has 2 atom stereocenters. The number of anilines is 1. The van der Waals surface area contributed by atoms with Crippen LogP contribution in [0.5, 0.6) is 0 Å². The molecule has 1 fully saturated rings. The Hall–Kier alpha value is -2.14. The quantitative estimate of drug-likeness (QED) is 0.375. The van der Waals surface area contributed by atoms with Gasteiger partial charge in [-0.3, -0.25) is 4.79 Å². The molecule has 2 unspecified atom stereocenters. The van der Waals surface area contributed by atoms with Gasteiger partial charge in [-0.25, -0.2) is 8.78 Å². The first-order valence-electron chi connectivity index (χ1n) is 9.80. The predicted molar refractivity (Wildman–Crippen MR) is 121 cm³/mol. The maximum atomic E-state index is 13.6. The molecule has 0 spiro atoms. The van der Waals surface area contributed by atoms with Gasteiger partial charge in [0.1, 0.15) is 11.6 Å². The molecule has 1 aliphatic heterocycles. The molecule has 3 aromatic carbocycles. The highest BCUT2D eigenvalue weighted by Crippen LogP contribution is 2.42. The number of halogens is 5. The molecule has 0 bridgehead atoms. The molecule has 1 amide bonds. The molecule has 1 saturated heterocycles. The van der Waals surface area contributed by atoms with Gasteiger partial charge in [0.25, 0.3) is 0 Å². The lowest BCUT2D eigenvalue weighted by Crippen LogP contribution is -2.44. The van der Waals surface area contributed by atoms with Crippen molar-refractivity contribution in [3.05, 3.63) is 98.5 Å². The first-order chi connectivity index (χ1) is 14.8. The van der Waals surface area contributed by atoms with Crippen LogP contribution in [0, 0.1) is 17.6 Å². The van der Waals surface area contributed by atoms with E-state index in [4.69, 9.17) is 34.8 Å². The Bertz CT molecular complexity index is 1100. The number of carbonyl (C=O) groups is 1. The Morgan fingerprint density at radius 2 is 1.48 bits per heavy atom. The van der Waals surface area contributed by atoms with Gasteiger partial charge in [-0.05, 0) is 78.9 Å². The average Bonchev–Trinajstić information content (AvgIpc) is 2.70. The van der Waals surface area contributed by atoms with Gasteiger partial charge in [0, 0.05) is 32.7 Å². The van der Waals surface area contributed by atoms with Crippen LogP contribution in [0.25, 0.3) is 0 Å². The standard InChI is InChI=1S/C24H18Cl3F2NO/c25-16-2-5-20(6-3-16)30-23(21-7-4-17(26)12-22(21)27)8-1-15(24(30)31)9-14-10-18(28)13-19(29)11-14/h2-7,10-13,15,23H,1,8-9H2. The number of rotatable bonds is 4. The summed E-state index contributed by atoms with van der Waals surface area (Å²) in [5, 5.41) is 1.55. The Balaban J connectivity index is 1.70. The fourth-order valence-corrected chi connectivity index (χ4v) is 4.80. The van der Waals surface area contributed by atoms with E-state index >= 15 is 0 Å². The van der Waals surface area contributed by atoms with Gasteiger partial charge in [-0.1, -0.05) is 40.9 Å². The van der Waals surface area contributed by atoms with Gasteiger partial charge in [0.05, 0.1) is 6.04 Å². The predicted octanol–water partition coefficient (Wildman–Crippen LogP) is 7.65. The third-order valence-electron chi connectivity index (χ3n) is 5.52. The minimum absolute atomic E-state index is 0.130. The van der Waals surface area contributed by atoms with E-state index in [-0.39, 0.29) is 18.4 Å². The largest absolute Gasteiger partial charge is 0.305 e. The third kappa shape index (κ3) is 4.87. The molecule has 4 rings (SSSR count). The molecule has 0 radical (unpaired) electrons. The second-order valence-corrected chi connectivity index (χ2v) is 8.90. The van der Waals surface area contributed by atoms with E-state index < -0.39 is 17.6 Å². The monoisotopic (exact) mass is 479 g/mol. The lowest BCUT2D eigenvalue weighted by molar-refractivity contribution is -0.124. The molecule has 31 heavy (non-hydrogen) atoms. The van der Waals surface area contributed by atoms with Crippen molar-refractivity contribution >= 4 is 46.4 Å². The smallest absolute Gasteiger partial charge is 0.231 e. The van der Waals surface area contributed by atoms with Crippen molar-refractivity contribution in [2.75, 3.05) is 4.90 Å². The maximum Gasteiger partial charge on any atom is 0.231 e. The second-order valence-electron chi connectivity index (χ2n) is 7.62. The molecule has 0 saturated carbocycles. The van der Waals surface area contributed by atoms with Crippen molar-refractivity contribution < 1.29 is 13.6 Å². The van der Waals surface area contributed by atoms with Gasteiger partial charge >= 0.3 is 0 Å². The summed E-state index contributed by atoms with van der Waals surface area (Å²) in [7, 11) is 0. The van der Waals surface area contributed by atoms with Crippen LogP contribution in [0.15, 0.2) is 60.7 Å². The van der Waals surface area contributed by atoms with Gasteiger partial charge in [0.2, 0.25) is 5.91 Å². The number of nitrogens with zero attached hydrogens (tertiary/aromatic N) is 1. The number of piperidine rings is 1. The molecular weight excluding hydrogens is 463 g/mol. The number of amides is 1. The van der Waals surface area contributed by atoms with E-state index in [9.17, 15) is 13.6 Å². The highest BCUT2D eigenvalue weighted by molar-refractivity contribution is 6.35. The fourth-order valence-electron chi connectivity index (χ4n) is 4.14. The Morgan fingerprint density at radius 1 is 0.839 bits per heavy atom. The molecule has 3 aromatic rings. The van der Waals surface area contributed by atoms with E-state index in [0.717, 1.165) is 11.6 Å². The number of hydrogen-bond donors (Lipinski definition) is 0. The summed E-state index contributed by atoms with van der Waals surface area (Å²) in [5.41, 5.74) is 1.93. The summed E-state index contributed by atoms with van der Waals surface area (Å²) >= 11 is 18.6. The lowest BCUT2D eigenvalue weighted by atomic mass is 9.84. The van der Waals surface area contributed by atoms with Crippen LogP contribution in [-0.2, 0) is 11.2 Å². The summed E-state index contributed by atoms with van der Waals surface area (Å²) in [4.78, 5) is 15.3. The lowest BCUT2D eigenvalue weighted by Gasteiger charge is -2.40. The zero-order valence-corrected chi connectivity index (χ0v) is 18.6. The van der Waals surface area contributed by atoms with Crippen LogP contribution < -0.4 is 4.90 Å². The topological polar surface area (TPSA) is 20.3 Å². The molecule has 1 aliphatic rings. The van der Waals surface area contributed by atoms with E-state index in [2.05, 4.69) is 0 Å². The summed E-state index contributed by atoms with van der Waals surface area (Å²) in [6.45, 7) is 0. The minimum atomic E-state index is -0.654. The Kier molecular flexibility index (Phi) is 6.52. The van der Waals surface area contributed by atoms with E-state index in [1.54, 1.807) is 41.3 Å². The van der Waals surface area contributed by atoms with Gasteiger partial charge in [-0.15, -0.1) is 0 Å². The van der Waals surface area contributed by atoms with Crippen molar-refractivity contribution in [1.29, 1.82) is 0 Å². The molecule has 160 valence electrons. The zero-order chi connectivity index (χ0) is 22.1. The summed E-state index contributed by atoms with van der Waals surface area (Å²) in [5.74, 6) is -1.86. The number of benzene rings is 3. The molecule has 0 N–H and O–H groups in total. The first-order valence-corrected chi connectivity index (χ1v) is 10.9. The van der Waals surface area contributed by atoms with Gasteiger partial charge in [-0.2, -0.15) is 0 Å². The number of hydrogen-bond acceptors (Lipinski definition) is 1. The van der Waals surface area contributed by atoms with Crippen molar-refractivity contribution in [2.24, 2.45) is 5.92 Å². The first kappa shape index (κ1) is 22.1. The Labute approximate surface area is 194 Å².